The lowest BCUT2D eigenvalue weighted by Crippen LogP contribution is -2.44. The maximum absolute atomic E-state index is 13.2. The van der Waals surface area contributed by atoms with Gasteiger partial charge in [-0.2, -0.15) is 0 Å². The number of benzene rings is 2. The molecule has 0 saturated carbocycles. The normalized spacial score (nSPS) is 17.1. The van der Waals surface area contributed by atoms with Crippen molar-refractivity contribution < 1.29 is 9.18 Å². The second-order valence-corrected chi connectivity index (χ2v) is 5.36. The molecule has 3 nitrogen and oxygen atoms in total. The molecule has 2 aromatic rings. The highest BCUT2D eigenvalue weighted by atomic mass is 19.1. The minimum Gasteiger partial charge on any atom is -0.325 e. The third kappa shape index (κ3) is 2.95. The number of hydrogen-bond acceptors (Lipinski definition) is 2. The Bertz CT molecular complexity index is 684. The molecule has 4 heteroatoms. The number of rotatable bonds is 2. The summed E-state index contributed by atoms with van der Waals surface area (Å²) in [6.45, 7) is 2.37. The van der Waals surface area contributed by atoms with Gasteiger partial charge in [-0.15, -0.1) is 0 Å². The lowest BCUT2D eigenvalue weighted by atomic mass is 9.95. The van der Waals surface area contributed by atoms with Gasteiger partial charge in [0.1, 0.15) is 5.82 Å². The second kappa shape index (κ2) is 5.66. The van der Waals surface area contributed by atoms with Crippen LogP contribution >= 0.6 is 0 Å². The Balaban J connectivity index is 1.70. The van der Waals surface area contributed by atoms with E-state index in [1.165, 1.54) is 17.2 Å². The first-order valence-corrected chi connectivity index (χ1v) is 7.00. The monoisotopic (exact) mass is 284 g/mol. The quantitative estimate of drug-likeness (QED) is 0.890. The topological polar surface area (TPSA) is 41.1 Å². The summed E-state index contributed by atoms with van der Waals surface area (Å²) < 4.78 is 13.2. The summed E-state index contributed by atoms with van der Waals surface area (Å²) in [5.74, 6) is -0.353. The predicted molar refractivity (Wildman–Crippen MR) is 80.5 cm³/mol. The van der Waals surface area contributed by atoms with Gasteiger partial charge in [-0.1, -0.05) is 24.3 Å². The van der Waals surface area contributed by atoms with Crippen molar-refractivity contribution in [3.05, 3.63) is 65.0 Å². The van der Waals surface area contributed by atoms with Crippen molar-refractivity contribution in [3.63, 3.8) is 0 Å². The molecule has 21 heavy (non-hydrogen) atoms. The molecule has 2 N–H and O–H groups in total. The number of carbonyl (C=O) groups is 1. The van der Waals surface area contributed by atoms with Crippen LogP contribution in [0, 0.1) is 12.7 Å². The summed E-state index contributed by atoms with van der Waals surface area (Å²) in [4.78, 5) is 12.3. The molecular weight excluding hydrogens is 267 g/mol. The summed E-state index contributed by atoms with van der Waals surface area (Å²) >= 11 is 0. The maximum Gasteiger partial charge on any atom is 0.241 e. The number of fused-ring (bicyclic) bond motifs is 1. The number of hydrogen-bond donors (Lipinski definition) is 2. The van der Waals surface area contributed by atoms with Crippen molar-refractivity contribution in [2.75, 3.05) is 5.32 Å². The fourth-order valence-corrected chi connectivity index (χ4v) is 2.59. The van der Waals surface area contributed by atoms with Crippen LogP contribution in [0.25, 0.3) is 0 Å². The zero-order valence-electron chi connectivity index (χ0n) is 11.8. The van der Waals surface area contributed by atoms with Gasteiger partial charge >= 0.3 is 0 Å². The number of aryl methyl sites for hydroxylation is 1. The Morgan fingerprint density at radius 1 is 1.24 bits per heavy atom. The first kappa shape index (κ1) is 13.8. The van der Waals surface area contributed by atoms with Crippen LogP contribution in [0.5, 0.6) is 0 Å². The molecule has 1 aliphatic heterocycles. The van der Waals surface area contributed by atoms with Crippen molar-refractivity contribution in [3.8, 4) is 0 Å². The number of halogens is 1. The predicted octanol–water partition coefficient (Wildman–Crippen LogP) is 2.79. The van der Waals surface area contributed by atoms with E-state index in [-0.39, 0.29) is 17.8 Å². The summed E-state index contributed by atoms with van der Waals surface area (Å²) in [5, 5.41) is 6.08. The minimum absolute atomic E-state index is 0.0875. The van der Waals surface area contributed by atoms with Crippen molar-refractivity contribution in [2.24, 2.45) is 0 Å². The molecule has 0 saturated heterocycles. The zero-order valence-corrected chi connectivity index (χ0v) is 11.8. The summed E-state index contributed by atoms with van der Waals surface area (Å²) in [7, 11) is 0. The molecule has 2 aromatic carbocycles. The number of nitrogens with one attached hydrogen (secondary N) is 2. The van der Waals surface area contributed by atoms with E-state index in [1.54, 1.807) is 19.1 Å². The standard InChI is InChI=1S/C17H17FN2O/c1-11-8-14(6-7-15(11)18)20-17(21)16-9-12-4-2-3-5-13(12)10-19-16/h2-8,16,19H,9-10H2,1H3,(H,20,21). The largest absolute Gasteiger partial charge is 0.325 e. The first-order valence-electron chi connectivity index (χ1n) is 7.00. The number of amides is 1. The highest BCUT2D eigenvalue weighted by Gasteiger charge is 2.23. The highest BCUT2D eigenvalue weighted by Crippen LogP contribution is 2.18. The average Bonchev–Trinajstić information content (AvgIpc) is 2.50. The van der Waals surface area contributed by atoms with Crippen LogP contribution in [-0.4, -0.2) is 11.9 Å². The van der Waals surface area contributed by atoms with E-state index in [0.29, 0.717) is 24.2 Å². The molecule has 0 aromatic heterocycles. The van der Waals surface area contributed by atoms with Crippen molar-refractivity contribution in [2.45, 2.75) is 25.9 Å². The van der Waals surface area contributed by atoms with Crippen LogP contribution in [0.1, 0.15) is 16.7 Å². The van der Waals surface area contributed by atoms with Crippen molar-refractivity contribution >= 4 is 11.6 Å². The van der Waals surface area contributed by atoms with E-state index in [4.69, 9.17) is 0 Å². The van der Waals surface area contributed by atoms with E-state index in [2.05, 4.69) is 22.8 Å². The lowest BCUT2D eigenvalue weighted by Gasteiger charge is -2.25. The molecule has 0 spiro atoms. The van der Waals surface area contributed by atoms with Gasteiger partial charge < -0.3 is 10.6 Å². The van der Waals surface area contributed by atoms with Crippen LogP contribution in [0.15, 0.2) is 42.5 Å². The minimum atomic E-state index is -0.266. The van der Waals surface area contributed by atoms with E-state index < -0.39 is 0 Å². The molecule has 3 rings (SSSR count). The van der Waals surface area contributed by atoms with Gasteiger partial charge in [0, 0.05) is 12.2 Å². The molecule has 0 fully saturated rings. The Morgan fingerprint density at radius 2 is 2.00 bits per heavy atom. The van der Waals surface area contributed by atoms with Gasteiger partial charge in [0.2, 0.25) is 5.91 Å². The molecular formula is C17H17FN2O. The summed E-state index contributed by atoms with van der Waals surface area (Å²) in [5.41, 5.74) is 3.58. The summed E-state index contributed by atoms with van der Waals surface area (Å²) in [6.07, 6.45) is 0.669. The Hall–Kier alpha value is -2.20. The van der Waals surface area contributed by atoms with Crippen LogP contribution < -0.4 is 10.6 Å². The second-order valence-electron chi connectivity index (χ2n) is 5.36. The van der Waals surface area contributed by atoms with E-state index in [0.717, 1.165) is 0 Å². The van der Waals surface area contributed by atoms with Gasteiger partial charge in [0.05, 0.1) is 6.04 Å². The number of anilines is 1. The molecule has 0 aliphatic carbocycles. The number of carbonyl (C=O) groups excluding carboxylic acids is 1. The molecule has 0 bridgehead atoms. The van der Waals surface area contributed by atoms with Gasteiger partial charge in [-0.25, -0.2) is 4.39 Å². The zero-order chi connectivity index (χ0) is 14.8. The van der Waals surface area contributed by atoms with Crippen LogP contribution in [0.4, 0.5) is 10.1 Å². The van der Waals surface area contributed by atoms with Gasteiger partial charge in [0.25, 0.3) is 0 Å². The first-order chi connectivity index (χ1) is 10.1. The summed E-state index contributed by atoms with van der Waals surface area (Å²) in [6, 6.07) is 12.4. The van der Waals surface area contributed by atoms with E-state index >= 15 is 0 Å². The van der Waals surface area contributed by atoms with Crippen molar-refractivity contribution in [1.82, 2.24) is 5.32 Å². The fourth-order valence-electron chi connectivity index (χ4n) is 2.59. The van der Waals surface area contributed by atoms with Crippen LogP contribution in [-0.2, 0) is 17.8 Å². The highest BCUT2D eigenvalue weighted by molar-refractivity contribution is 5.95. The van der Waals surface area contributed by atoms with E-state index in [1.807, 2.05) is 12.1 Å². The molecule has 1 amide bonds. The fraction of sp³-hybridized carbons (Fsp3) is 0.235. The smallest absolute Gasteiger partial charge is 0.241 e. The molecule has 0 radical (unpaired) electrons. The van der Waals surface area contributed by atoms with E-state index in [9.17, 15) is 9.18 Å². The van der Waals surface area contributed by atoms with Crippen molar-refractivity contribution in [1.29, 1.82) is 0 Å². The maximum atomic E-state index is 13.2. The molecule has 1 aliphatic rings. The molecule has 1 unspecified atom stereocenters. The lowest BCUT2D eigenvalue weighted by molar-refractivity contribution is -0.118. The third-order valence-electron chi connectivity index (χ3n) is 3.82. The Kier molecular flexibility index (Phi) is 3.71. The Morgan fingerprint density at radius 3 is 2.76 bits per heavy atom. The third-order valence-corrected chi connectivity index (χ3v) is 3.82. The van der Waals surface area contributed by atoms with Crippen LogP contribution in [0.2, 0.25) is 0 Å². The average molecular weight is 284 g/mol. The van der Waals surface area contributed by atoms with Gasteiger partial charge in [-0.05, 0) is 48.2 Å². The van der Waals surface area contributed by atoms with Gasteiger partial charge in [0.15, 0.2) is 0 Å². The molecule has 1 heterocycles. The van der Waals surface area contributed by atoms with Gasteiger partial charge in [-0.3, -0.25) is 4.79 Å². The van der Waals surface area contributed by atoms with Crippen LogP contribution in [0.3, 0.4) is 0 Å². The molecule has 1 atom stereocenters. The Labute approximate surface area is 123 Å². The molecule has 108 valence electrons. The SMILES string of the molecule is Cc1cc(NC(=O)C2Cc3ccccc3CN2)ccc1F.